The average Bonchev–Trinajstić information content (AvgIpc) is 2.38. The minimum absolute atomic E-state index is 0.107. The van der Waals surface area contributed by atoms with Gasteiger partial charge >= 0.3 is 5.97 Å². The average molecular weight is 270 g/mol. The molecule has 0 saturated heterocycles. The lowest BCUT2D eigenvalue weighted by atomic mass is 10.0. The van der Waals surface area contributed by atoms with Crippen LogP contribution in [0.2, 0.25) is 0 Å². The number of nitrogens with one attached hydrogen (secondary N) is 1. The topological polar surface area (TPSA) is 79.3 Å². The Morgan fingerprint density at radius 1 is 1.05 bits per heavy atom. The first kappa shape index (κ1) is 13.7. The van der Waals surface area contributed by atoms with Crippen molar-refractivity contribution in [1.82, 2.24) is 4.98 Å². The Hall–Kier alpha value is -2.69. The van der Waals surface area contributed by atoms with Gasteiger partial charge in [-0.25, -0.2) is 9.78 Å². The summed E-state index contributed by atoms with van der Waals surface area (Å²) in [5.41, 5.74) is 2.19. The van der Waals surface area contributed by atoms with Crippen LogP contribution in [0.5, 0.6) is 0 Å². The molecule has 0 spiro atoms. The fourth-order valence-corrected chi connectivity index (χ4v) is 1.97. The van der Waals surface area contributed by atoms with E-state index in [2.05, 4.69) is 10.3 Å². The zero-order chi connectivity index (χ0) is 14.7. The largest absolute Gasteiger partial charge is 0.477 e. The van der Waals surface area contributed by atoms with Gasteiger partial charge in [0.2, 0.25) is 0 Å². The summed E-state index contributed by atoms with van der Waals surface area (Å²) >= 11 is 0. The number of aromatic nitrogens is 1. The molecule has 0 atom stereocenters. The van der Waals surface area contributed by atoms with Crippen molar-refractivity contribution >= 4 is 17.7 Å². The number of hydrogen-bond donors (Lipinski definition) is 2. The van der Waals surface area contributed by atoms with E-state index >= 15 is 0 Å². The van der Waals surface area contributed by atoms with Gasteiger partial charge in [-0.1, -0.05) is 24.3 Å². The summed E-state index contributed by atoms with van der Waals surface area (Å²) in [6.07, 6.45) is 0. The van der Waals surface area contributed by atoms with Crippen molar-refractivity contribution in [3.63, 3.8) is 0 Å². The predicted molar refractivity (Wildman–Crippen MR) is 75.1 cm³/mol. The summed E-state index contributed by atoms with van der Waals surface area (Å²) < 4.78 is 0. The number of carboxylic acid groups (broad SMARTS) is 1. The lowest BCUT2D eigenvalue weighted by Crippen LogP contribution is -2.16. The first-order valence-electron chi connectivity index (χ1n) is 6.07. The highest BCUT2D eigenvalue weighted by atomic mass is 16.4. The molecule has 5 heteroatoms. The molecule has 0 bridgehead atoms. The van der Waals surface area contributed by atoms with Crippen LogP contribution in [0.15, 0.2) is 36.4 Å². The number of aryl methyl sites for hydroxylation is 2. The highest BCUT2D eigenvalue weighted by Crippen LogP contribution is 2.15. The second-order valence-corrected chi connectivity index (χ2v) is 4.43. The first-order chi connectivity index (χ1) is 9.49. The fourth-order valence-electron chi connectivity index (χ4n) is 1.97. The van der Waals surface area contributed by atoms with Crippen molar-refractivity contribution in [2.24, 2.45) is 0 Å². The van der Waals surface area contributed by atoms with Gasteiger partial charge in [-0.15, -0.1) is 0 Å². The molecule has 1 amide bonds. The number of aromatic carboxylic acids is 1. The number of rotatable bonds is 3. The highest BCUT2D eigenvalue weighted by Gasteiger charge is 2.13. The van der Waals surface area contributed by atoms with E-state index in [0.29, 0.717) is 5.56 Å². The molecular formula is C15H14N2O3. The number of amides is 1. The SMILES string of the molecule is Cc1cccc(C)c1C(=O)Nc1cccc(C(=O)O)n1. The highest BCUT2D eigenvalue weighted by molar-refractivity contribution is 6.06. The summed E-state index contributed by atoms with van der Waals surface area (Å²) in [6, 6.07) is 10.0. The van der Waals surface area contributed by atoms with Crippen LogP contribution in [0, 0.1) is 13.8 Å². The van der Waals surface area contributed by atoms with Crippen molar-refractivity contribution in [3.05, 3.63) is 58.8 Å². The number of pyridine rings is 1. The first-order valence-corrected chi connectivity index (χ1v) is 6.07. The van der Waals surface area contributed by atoms with E-state index in [1.54, 1.807) is 6.07 Å². The molecule has 0 radical (unpaired) electrons. The van der Waals surface area contributed by atoms with Gasteiger partial charge in [0.25, 0.3) is 5.91 Å². The number of hydrogen-bond acceptors (Lipinski definition) is 3. The maximum atomic E-state index is 12.2. The number of carbonyl (C=O) groups is 2. The monoisotopic (exact) mass is 270 g/mol. The predicted octanol–water partition coefficient (Wildman–Crippen LogP) is 2.65. The molecule has 20 heavy (non-hydrogen) atoms. The third-order valence-corrected chi connectivity index (χ3v) is 2.92. The minimum Gasteiger partial charge on any atom is -0.477 e. The van der Waals surface area contributed by atoms with Crippen molar-refractivity contribution in [1.29, 1.82) is 0 Å². The molecule has 0 aliphatic heterocycles. The molecule has 1 aromatic heterocycles. The van der Waals surface area contributed by atoms with Crippen LogP contribution >= 0.6 is 0 Å². The van der Waals surface area contributed by atoms with Gasteiger partial charge in [0.05, 0.1) is 0 Å². The van der Waals surface area contributed by atoms with Gasteiger partial charge < -0.3 is 10.4 Å². The molecule has 1 heterocycles. The van der Waals surface area contributed by atoms with E-state index in [-0.39, 0.29) is 17.4 Å². The Morgan fingerprint density at radius 2 is 1.65 bits per heavy atom. The van der Waals surface area contributed by atoms with Crippen molar-refractivity contribution in [2.75, 3.05) is 5.32 Å². The van der Waals surface area contributed by atoms with E-state index in [9.17, 15) is 9.59 Å². The maximum Gasteiger partial charge on any atom is 0.354 e. The van der Waals surface area contributed by atoms with Crippen LogP contribution < -0.4 is 5.32 Å². The molecule has 0 aliphatic rings. The molecule has 0 saturated carbocycles. The summed E-state index contributed by atoms with van der Waals surface area (Å²) in [4.78, 5) is 26.9. The molecule has 5 nitrogen and oxygen atoms in total. The van der Waals surface area contributed by atoms with E-state index in [1.165, 1.54) is 12.1 Å². The number of anilines is 1. The number of benzene rings is 1. The van der Waals surface area contributed by atoms with Gasteiger partial charge in [-0.05, 0) is 37.1 Å². The Morgan fingerprint density at radius 3 is 2.25 bits per heavy atom. The summed E-state index contributed by atoms with van der Waals surface area (Å²) in [7, 11) is 0. The van der Waals surface area contributed by atoms with Gasteiger partial charge in [0.15, 0.2) is 5.69 Å². The van der Waals surface area contributed by atoms with Crippen LogP contribution in [0.4, 0.5) is 5.82 Å². The quantitative estimate of drug-likeness (QED) is 0.898. The molecule has 2 aromatic rings. The Labute approximate surface area is 116 Å². The summed E-state index contributed by atoms with van der Waals surface area (Å²) in [5, 5.41) is 11.5. The Bertz CT molecular complexity index is 660. The summed E-state index contributed by atoms with van der Waals surface area (Å²) in [6.45, 7) is 3.70. The summed E-state index contributed by atoms with van der Waals surface area (Å²) in [5.74, 6) is -1.21. The molecule has 2 rings (SSSR count). The lowest BCUT2D eigenvalue weighted by Gasteiger charge is -2.10. The molecule has 0 aliphatic carbocycles. The fraction of sp³-hybridized carbons (Fsp3) is 0.133. The zero-order valence-corrected chi connectivity index (χ0v) is 11.2. The Kier molecular flexibility index (Phi) is 3.79. The number of carboxylic acids is 1. The third-order valence-electron chi connectivity index (χ3n) is 2.92. The van der Waals surface area contributed by atoms with Gasteiger partial charge in [-0.2, -0.15) is 0 Å². The standard InChI is InChI=1S/C15H14N2O3/c1-9-5-3-6-10(2)13(9)14(18)17-12-8-4-7-11(16-12)15(19)20/h3-8H,1-2H3,(H,19,20)(H,16,17,18). The smallest absolute Gasteiger partial charge is 0.354 e. The number of nitrogens with zero attached hydrogens (tertiary/aromatic N) is 1. The van der Waals surface area contributed by atoms with Crippen LogP contribution in [-0.4, -0.2) is 22.0 Å². The number of carbonyl (C=O) groups excluding carboxylic acids is 1. The van der Waals surface area contributed by atoms with E-state index in [0.717, 1.165) is 11.1 Å². The van der Waals surface area contributed by atoms with Crippen molar-refractivity contribution in [2.45, 2.75) is 13.8 Å². The molecule has 0 unspecified atom stereocenters. The second kappa shape index (κ2) is 5.52. The van der Waals surface area contributed by atoms with Crippen LogP contribution in [-0.2, 0) is 0 Å². The lowest BCUT2D eigenvalue weighted by molar-refractivity contribution is 0.0690. The minimum atomic E-state index is -1.13. The second-order valence-electron chi connectivity index (χ2n) is 4.43. The van der Waals surface area contributed by atoms with Crippen molar-refractivity contribution in [3.8, 4) is 0 Å². The maximum absolute atomic E-state index is 12.2. The van der Waals surface area contributed by atoms with Gasteiger partial charge in [0, 0.05) is 5.56 Å². The molecule has 0 fully saturated rings. The van der Waals surface area contributed by atoms with Gasteiger partial charge in [-0.3, -0.25) is 4.79 Å². The van der Waals surface area contributed by atoms with E-state index in [1.807, 2.05) is 32.0 Å². The van der Waals surface area contributed by atoms with E-state index < -0.39 is 5.97 Å². The molecule has 2 N–H and O–H groups in total. The van der Waals surface area contributed by atoms with Crippen molar-refractivity contribution < 1.29 is 14.7 Å². The molecule has 1 aromatic carbocycles. The zero-order valence-electron chi connectivity index (χ0n) is 11.2. The molecule has 102 valence electrons. The normalized spacial score (nSPS) is 10.1. The van der Waals surface area contributed by atoms with Crippen LogP contribution in [0.25, 0.3) is 0 Å². The van der Waals surface area contributed by atoms with Crippen LogP contribution in [0.3, 0.4) is 0 Å². The van der Waals surface area contributed by atoms with E-state index in [4.69, 9.17) is 5.11 Å². The third kappa shape index (κ3) is 2.83. The Balaban J connectivity index is 2.28. The van der Waals surface area contributed by atoms with Crippen LogP contribution in [0.1, 0.15) is 32.0 Å². The van der Waals surface area contributed by atoms with Gasteiger partial charge in [0.1, 0.15) is 5.82 Å². The molecular weight excluding hydrogens is 256 g/mol.